The molecule has 0 aromatic heterocycles. The van der Waals surface area contributed by atoms with E-state index >= 15 is 0 Å². The minimum atomic E-state index is -0.190. The van der Waals surface area contributed by atoms with Gasteiger partial charge in [-0.2, -0.15) is 0 Å². The molecule has 29 heavy (non-hydrogen) atoms. The van der Waals surface area contributed by atoms with Crippen LogP contribution < -0.4 is 4.74 Å². The van der Waals surface area contributed by atoms with Gasteiger partial charge in [-0.25, -0.2) is 0 Å². The maximum Gasteiger partial charge on any atom is 0.317 e. The number of ether oxygens (including phenoxy) is 1. The summed E-state index contributed by atoms with van der Waals surface area (Å²) in [6.07, 6.45) is 11.5. The smallest absolute Gasteiger partial charge is 0.317 e. The standard InChI is InChI=1S/C26H29O2S/c27-23(26-13-18-11-24(16-26)14-25(12-18,15-24)17-26)28-21-7-8-22(29-9-3-4-10-29)20-6-2-1-5-19(20)21/h1-2,5-8,18H,3-4,9-17H2/q+1. The molecule has 0 radical (unpaired) electrons. The molecule has 4 bridgehead atoms. The molecule has 2 nitrogen and oxygen atoms in total. The number of carbonyl (C=O) groups excluding carboxylic acids is 1. The molecule has 0 N–H and O–H groups in total. The van der Waals surface area contributed by atoms with Gasteiger partial charge in [-0.3, -0.25) is 4.79 Å². The van der Waals surface area contributed by atoms with Gasteiger partial charge in [-0.05, 0) is 92.7 Å². The summed E-state index contributed by atoms with van der Waals surface area (Å²) in [4.78, 5) is 15.1. The molecule has 0 unspecified atom stereocenters. The Morgan fingerprint density at radius 2 is 1.55 bits per heavy atom. The second-order valence-corrected chi connectivity index (χ2v) is 13.3. The SMILES string of the molecule is O=C(Oc1ccc([S+]2CCCC2)c2ccccc12)C12CC3CC4(CC(C3)(C4)C1)C2. The summed E-state index contributed by atoms with van der Waals surface area (Å²) in [5.74, 6) is 4.28. The van der Waals surface area contributed by atoms with E-state index in [-0.39, 0.29) is 11.4 Å². The van der Waals surface area contributed by atoms with E-state index in [1.54, 1.807) is 0 Å². The van der Waals surface area contributed by atoms with E-state index in [1.165, 1.54) is 60.3 Å². The predicted molar refractivity (Wildman–Crippen MR) is 117 cm³/mol. The van der Waals surface area contributed by atoms with Crippen molar-refractivity contribution in [2.24, 2.45) is 22.2 Å². The maximum atomic E-state index is 13.6. The Bertz CT molecular complexity index is 997. The molecule has 3 heteroatoms. The summed E-state index contributed by atoms with van der Waals surface area (Å²) in [5, 5.41) is 2.43. The topological polar surface area (TPSA) is 26.3 Å². The van der Waals surface area contributed by atoms with Crippen molar-refractivity contribution in [1.29, 1.82) is 0 Å². The third kappa shape index (κ3) is 2.34. The monoisotopic (exact) mass is 405 g/mol. The molecule has 2 spiro atoms. The normalized spacial score (nSPS) is 39.7. The Hall–Kier alpha value is -1.48. The van der Waals surface area contributed by atoms with Crippen molar-refractivity contribution < 1.29 is 9.53 Å². The third-order valence-electron chi connectivity index (χ3n) is 8.87. The highest BCUT2D eigenvalue weighted by molar-refractivity contribution is 7.97. The van der Waals surface area contributed by atoms with Gasteiger partial charge in [0.2, 0.25) is 0 Å². The fourth-order valence-electron chi connectivity index (χ4n) is 8.75. The molecule has 0 atom stereocenters. The summed E-state index contributed by atoms with van der Waals surface area (Å²) >= 11 is 0. The number of hydrogen-bond donors (Lipinski definition) is 0. The van der Waals surface area contributed by atoms with Gasteiger partial charge in [-0.15, -0.1) is 0 Å². The van der Waals surface area contributed by atoms with Gasteiger partial charge in [-0.1, -0.05) is 18.2 Å². The van der Waals surface area contributed by atoms with E-state index in [9.17, 15) is 4.79 Å². The van der Waals surface area contributed by atoms with Crippen LogP contribution in [0.3, 0.4) is 0 Å². The van der Waals surface area contributed by atoms with E-state index in [0.29, 0.717) is 21.7 Å². The lowest BCUT2D eigenvalue weighted by Gasteiger charge is -2.75. The summed E-state index contributed by atoms with van der Waals surface area (Å²) < 4.78 is 6.26. The summed E-state index contributed by atoms with van der Waals surface area (Å²) in [5.41, 5.74) is 0.798. The van der Waals surface area contributed by atoms with Gasteiger partial charge < -0.3 is 4.74 Å². The molecule has 1 aliphatic heterocycles. The van der Waals surface area contributed by atoms with Crippen LogP contribution in [-0.4, -0.2) is 17.5 Å². The summed E-state index contributed by atoms with van der Waals surface area (Å²) in [6, 6.07) is 12.9. The van der Waals surface area contributed by atoms with E-state index in [2.05, 4.69) is 36.4 Å². The van der Waals surface area contributed by atoms with Crippen molar-refractivity contribution in [3.05, 3.63) is 36.4 Å². The zero-order chi connectivity index (χ0) is 19.3. The van der Waals surface area contributed by atoms with Crippen LogP contribution in [0.2, 0.25) is 0 Å². The Balaban J connectivity index is 1.24. The van der Waals surface area contributed by atoms with Gasteiger partial charge >= 0.3 is 5.97 Å². The van der Waals surface area contributed by atoms with Gasteiger partial charge in [0.15, 0.2) is 4.90 Å². The van der Waals surface area contributed by atoms with E-state index in [0.717, 1.165) is 36.3 Å². The number of fused-ring (bicyclic) bond motifs is 1. The Morgan fingerprint density at radius 1 is 0.862 bits per heavy atom. The average molecular weight is 406 g/mol. The molecule has 10 rings (SSSR count). The first-order valence-electron chi connectivity index (χ1n) is 11.5. The van der Waals surface area contributed by atoms with Crippen molar-refractivity contribution in [3.63, 3.8) is 0 Å². The zero-order valence-electron chi connectivity index (χ0n) is 17.0. The lowest BCUT2D eigenvalue weighted by Crippen LogP contribution is -2.68. The first-order valence-corrected chi connectivity index (χ1v) is 13.1. The van der Waals surface area contributed by atoms with E-state index < -0.39 is 0 Å². The molecule has 2 aromatic carbocycles. The first-order chi connectivity index (χ1) is 14.1. The minimum Gasteiger partial charge on any atom is -0.425 e. The number of benzene rings is 2. The minimum absolute atomic E-state index is 0.0799. The molecular weight excluding hydrogens is 376 g/mol. The number of rotatable bonds is 3. The van der Waals surface area contributed by atoms with Crippen LogP contribution in [0.4, 0.5) is 0 Å². The number of carbonyl (C=O) groups is 1. The van der Waals surface area contributed by atoms with Crippen molar-refractivity contribution in [2.45, 2.75) is 62.7 Å². The van der Waals surface area contributed by atoms with Crippen LogP contribution in [0, 0.1) is 22.2 Å². The van der Waals surface area contributed by atoms with Crippen LogP contribution >= 0.6 is 0 Å². The fourth-order valence-corrected chi connectivity index (χ4v) is 11.3. The highest BCUT2D eigenvalue weighted by Gasteiger charge is 2.73. The van der Waals surface area contributed by atoms with Crippen LogP contribution in [0.15, 0.2) is 41.3 Å². The van der Waals surface area contributed by atoms with E-state index in [1.807, 2.05) is 0 Å². The maximum absolute atomic E-state index is 13.6. The molecule has 0 amide bonds. The molecule has 8 aliphatic rings. The quantitative estimate of drug-likeness (QED) is 0.362. The van der Waals surface area contributed by atoms with Crippen LogP contribution in [0.25, 0.3) is 10.8 Å². The predicted octanol–water partition coefficient (Wildman–Crippen LogP) is 5.88. The van der Waals surface area contributed by atoms with Gasteiger partial charge in [0, 0.05) is 21.7 Å². The molecule has 150 valence electrons. The zero-order valence-corrected chi connectivity index (χ0v) is 17.9. The number of hydrogen-bond acceptors (Lipinski definition) is 2. The van der Waals surface area contributed by atoms with Crippen LogP contribution in [0.5, 0.6) is 5.75 Å². The lowest BCUT2D eigenvalue weighted by molar-refractivity contribution is -0.256. The first kappa shape index (κ1) is 17.2. The van der Waals surface area contributed by atoms with Crippen LogP contribution in [0.1, 0.15) is 57.8 Å². The van der Waals surface area contributed by atoms with Crippen molar-refractivity contribution >= 4 is 27.6 Å². The molecule has 2 aromatic rings. The summed E-state index contributed by atoms with van der Waals surface area (Å²) in [7, 11) is 0.364. The largest absolute Gasteiger partial charge is 0.425 e. The Labute approximate surface area is 175 Å². The fraction of sp³-hybridized carbons (Fsp3) is 0.577. The van der Waals surface area contributed by atoms with Gasteiger partial charge in [0.1, 0.15) is 17.3 Å². The van der Waals surface area contributed by atoms with Gasteiger partial charge in [0.05, 0.1) is 5.41 Å². The number of esters is 1. The molecule has 8 fully saturated rings. The Morgan fingerprint density at radius 3 is 2.24 bits per heavy atom. The van der Waals surface area contributed by atoms with Crippen molar-refractivity contribution in [2.75, 3.05) is 11.5 Å². The second-order valence-electron chi connectivity index (χ2n) is 11.1. The highest BCUT2D eigenvalue weighted by Crippen LogP contribution is 2.80. The lowest BCUT2D eigenvalue weighted by atomic mass is 9.29. The molecular formula is C26H29O2S+. The molecule has 7 aliphatic carbocycles. The third-order valence-corrected chi connectivity index (χ3v) is 11.4. The molecule has 7 saturated carbocycles. The molecule has 1 saturated heterocycles. The summed E-state index contributed by atoms with van der Waals surface area (Å²) in [6.45, 7) is 0. The van der Waals surface area contributed by atoms with Gasteiger partial charge in [0.25, 0.3) is 0 Å². The van der Waals surface area contributed by atoms with Crippen LogP contribution in [-0.2, 0) is 15.7 Å². The average Bonchev–Trinajstić information content (AvgIpc) is 3.20. The van der Waals surface area contributed by atoms with Crippen molar-refractivity contribution in [1.82, 2.24) is 0 Å². The Kier molecular flexibility index (Phi) is 3.33. The highest BCUT2D eigenvalue weighted by atomic mass is 32.2. The molecule has 1 heterocycles. The second kappa shape index (κ2) is 5.60. The van der Waals surface area contributed by atoms with Crippen molar-refractivity contribution in [3.8, 4) is 5.75 Å². The van der Waals surface area contributed by atoms with E-state index in [4.69, 9.17) is 4.74 Å².